The lowest BCUT2D eigenvalue weighted by molar-refractivity contribution is 0.0542. The van der Waals surface area contributed by atoms with Crippen molar-refractivity contribution in [1.29, 1.82) is 0 Å². The van der Waals surface area contributed by atoms with E-state index in [4.69, 9.17) is 5.73 Å². The highest BCUT2D eigenvalue weighted by atomic mass is 16.3. The van der Waals surface area contributed by atoms with E-state index in [9.17, 15) is 9.90 Å². The van der Waals surface area contributed by atoms with Gasteiger partial charge in [-0.05, 0) is 12.8 Å². The first-order chi connectivity index (χ1) is 8.99. The minimum absolute atomic E-state index is 0.148. The molecule has 0 bridgehead atoms. The van der Waals surface area contributed by atoms with E-state index < -0.39 is 0 Å². The number of nitrogen functional groups attached to an aromatic ring is 1. The molecule has 19 heavy (non-hydrogen) atoms. The van der Waals surface area contributed by atoms with Gasteiger partial charge in [-0.25, -0.2) is 9.97 Å². The van der Waals surface area contributed by atoms with Crippen LogP contribution in [0.4, 0.5) is 5.69 Å². The Balaban J connectivity index is 2.20. The van der Waals surface area contributed by atoms with Crippen molar-refractivity contribution in [2.45, 2.75) is 38.7 Å². The Kier molecular flexibility index (Phi) is 3.99. The van der Waals surface area contributed by atoms with Crippen LogP contribution in [-0.4, -0.2) is 45.1 Å². The van der Waals surface area contributed by atoms with E-state index in [1.165, 1.54) is 6.20 Å². The number of likely N-dealkylation sites (tertiary alicyclic amines) is 1. The minimum atomic E-state index is -0.307. The van der Waals surface area contributed by atoms with E-state index in [2.05, 4.69) is 9.97 Å². The SMILES string of the molecule is CC(C)c1ncc(N)c(C(=O)N2CCC(O)CC2)n1. The Bertz CT molecular complexity index is 468. The van der Waals surface area contributed by atoms with Gasteiger partial charge < -0.3 is 15.7 Å². The summed E-state index contributed by atoms with van der Waals surface area (Å²) in [4.78, 5) is 22.5. The van der Waals surface area contributed by atoms with Crippen molar-refractivity contribution in [2.24, 2.45) is 0 Å². The fourth-order valence-corrected chi connectivity index (χ4v) is 2.07. The molecular weight excluding hydrogens is 244 g/mol. The van der Waals surface area contributed by atoms with Crippen molar-refractivity contribution in [3.63, 3.8) is 0 Å². The smallest absolute Gasteiger partial charge is 0.274 e. The molecule has 1 amide bonds. The van der Waals surface area contributed by atoms with Crippen molar-refractivity contribution in [3.8, 4) is 0 Å². The van der Waals surface area contributed by atoms with Gasteiger partial charge in [0.05, 0.1) is 18.0 Å². The first-order valence-electron chi connectivity index (χ1n) is 6.58. The Morgan fingerprint density at radius 3 is 2.68 bits per heavy atom. The Labute approximate surface area is 112 Å². The minimum Gasteiger partial charge on any atom is -0.396 e. The molecule has 1 aliphatic rings. The van der Waals surface area contributed by atoms with Gasteiger partial charge in [-0.1, -0.05) is 13.8 Å². The molecule has 1 fully saturated rings. The molecule has 0 radical (unpaired) electrons. The molecule has 1 aliphatic heterocycles. The summed E-state index contributed by atoms with van der Waals surface area (Å²) >= 11 is 0. The molecular formula is C13H20N4O2. The van der Waals surface area contributed by atoms with Crippen LogP contribution in [0.15, 0.2) is 6.20 Å². The summed E-state index contributed by atoms with van der Waals surface area (Å²) in [6.45, 7) is 5.02. The number of rotatable bonds is 2. The highest BCUT2D eigenvalue weighted by Crippen LogP contribution is 2.18. The lowest BCUT2D eigenvalue weighted by Gasteiger charge is -2.29. The van der Waals surface area contributed by atoms with Gasteiger partial charge in [0.1, 0.15) is 5.82 Å². The van der Waals surface area contributed by atoms with E-state index in [1.807, 2.05) is 13.8 Å². The maximum atomic E-state index is 12.4. The number of carbonyl (C=O) groups is 1. The first kappa shape index (κ1) is 13.7. The zero-order chi connectivity index (χ0) is 14.0. The molecule has 0 aliphatic carbocycles. The Hall–Kier alpha value is -1.69. The lowest BCUT2D eigenvalue weighted by Crippen LogP contribution is -2.40. The summed E-state index contributed by atoms with van der Waals surface area (Å²) in [6, 6.07) is 0. The molecule has 2 heterocycles. The van der Waals surface area contributed by atoms with E-state index in [1.54, 1.807) is 4.90 Å². The second kappa shape index (κ2) is 5.52. The number of hydrogen-bond acceptors (Lipinski definition) is 5. The van der Waals surface area contributed by atoms with Gasteiger partial charge >= 0.3 is 0 Å². The standard InChI is InChI=1S/C13H20N4O2/c1-8(2)12-15-7-10(14)11(16-12)13(19)17-5-3-9(18)4-6-17/h7-9,18H,3-6,14H2,1-2H3. The quantitative estimate of drug-likeness (QED) is 0.823. The molecule has 2 rings (SSSR count). The van der Waals surface area contributed by atoms with E-state index in [-0.39, 0.29) is 23.6 Å². The molecule has 1 aromatic rings. The van der Waals surface area contributed by atoms with E-state index in [0.29, 0.717) is 37.4 Å². The topological polar surface area (TPSA) is 92.3 Å². The summed E-state index contributed by atoms with van der Waals surface area (Å²) in [7, 11) is 0. The van der Waals surface area contributed by atoms with Crippen LogP contribution in [-0.2, 0) is 0 Å². The lowest BCUT2D eigenvalue weighted by atomic mass is 10.1. The average Bonchev–Trinajstić information content (AvgIpc) is 2.39. The van der Waals surface area contributed by atoms with Crippen molar-refractivity contribution in [1.82, 2.24) is 14.9 Å². The predicted molar refractivity (Wildman–Crippen MR) is 71.7 cm³/mol. The van der Waals surface area contributed by atoms with Crippen molar-refractivity contribution in [3.05, 3.63) is 17.7 Å². The summed E-state index contributed by atoms with van der Waals surface area (Å²) in [5.74, 6) is 0.596. The Morgan fingerprint density at radius 1 is 1.47 bits per heavy atom. The zero-order valence-electron chi connectivity index (χ0n) is 11.3. The van der Waals surface area contributed by atoms with Crippen LogP contribution in [0.25, 0.3) is 0 Å². The number of carbonyl (C=O) groups excluding carboxylic acids is 1. The molecule has 0 spiro atoms. The second-order valence-electron chi connectivity index (χ2n) is 5.21. The first-order valence-corrected chi connectivity index (χ1v) is 6.58. The van der Waals surface area contributed by atoms with Crippen LogP contribution >= 0.6 is 0 Å². The Morgan fingerprint density at radius 2 is 2.11 bits per heavy atom. The maximum Gasteiger partial charge on any atom is 0.274 e. The van der Waals surface area contributed by atoms with Crippen molar-refractivity contribution < 1.29 is 9.90 Å². The molecule has 6 heteroatoms. The van der Waals surface area contributed by atoms with Crippen LogP contribution in [0.2, 0.25) is 0 Å². The van der Waals surface area contributed by atoms with Gasteiger partial charge in [0, 0.05) is 19.0 Å². The predicted octanol–water partition coefficient (Wildman–Crippen LogP) is 0.779. The number of amides is 1. The van der Waals surface area contributed by atoms with Gasteiger partial charge in [-0.3, -0.25) is 4.79 Å². The van der Waals surface area contributed by atoms with Gasteiger partial charge in [0.25, 0.3) is 5.91 Å². The largest absolute Gasteiger partial charge is 0.396 e. The number of nitrogens with zero attached hydrogens (tertiary/aromatic N) is 3. The molecule has 0 aromatic carbocycles. The van der Waals surface area contributed by atoms with Gasteiger partial charge in [0.2, 0.25) is 0 Å². The molecule has 0 unspecified atom stereocenters. The van der Waals surface area contributed by atoms with Crippen LogP contribution in [0.5, 0.6) is 0 Å². The molecule has 104 valence electrons. The summed E-state index contributed by atoms with van der Waals surface area (Å²) < 4.78 is 0. The number of nitrogens with two attached hydrogens (primary N) is 1. The maximum absolute atomic E-state index is 12.4. The van der Waals surface area contributed by atoms with Crippen molar-refractivity contribution >= 4 is 11.6 Å². The fourth-order valence-electron chi connectivity index (χ4n) is 2.07. The number of piperidine rings is 1. The number of hydrogen-bond donors (Lipinski definition) is 2. The molecule has 6 nitrogen and oxygen atoms in total. The molecule has 1 aromatic heterocycles. The second-order valence-corrected chi connectivity index (χ2v) is 5.21. The van der Waals surface area contributed by atoms with Gasteiger partial charge in [0.15, 0.2) is 5.69 Å². The highest BCUT2D eigenvalue weighted by molar-refractivity contribution is 5.97. The third-order valence-corrected chi connectivity index (χ3v) is 3.31. The zero-order valence-corrected chi connectivity index (χ0v) is 11.3. The molecule has 0 saturated carbocycles. The molecule has 3 N–H and O–H groups in total. The van der Waals surface area contributed by atoms with Gasteiger partial charge in [-0.2, -0.15) is 0 Å². The van der Waals surface area contributed by atoms with E-state index >= 15 is 0 Å². The highest BCUT2D eigenvalue weighted by Gasteiger charge is 2.25. The van der Waals surface area contributed by atoms with Crippen molar-refractivity contribution in [2.75, 3.05) is 18.8 Å². The molecule has 0 atom stereocenters. The van der Waals surface area contributed by atoms with Crippen LogP contribution in [0.1, 0.15) is 48.9 Å². The summed E-state index contributed by atoms with van der Waals surface area (Å²) in [5, 5.41) is 9.46. The van der Waals surface area contributed by atoms with Gasteiger partial charge in [-0.15, -0.1) is 0 Å². The number of aliphatic hydroxyl groups excluding tert-OH is 1. The number of anilines is 1. The fraction of sp³-hybridized carbons (Fsp3) is 0.615. The number of aliphatic hydroxyl groups is 1. The normalized spacial score (nSPS) is 16.9. The number of aromatic nitrogens is 2. The summed E-state index contributed by atoms with van der Waals surface area (Å²) in [5.41, 5.74) is 6.38. The molecule has 1 saturated heterocycles. The van der Waals surface area contributed by atoms with Crippen LogP contribution in [0.3, 0.4) is 0 Å². The third-order valence-electron chi connectivity index (χ3n) is 3.31. The monoisotopic (exact) mass is 264 g/mol. The van der Waals surface area contributed by atoms with Crippen LogP contribution < -0.4 is 5.73 Å². The van der Waals surface area contributed by atoms with E-state index in [0.717, 1.165) is 0 Å². The third kappa shape index (κ3) is 3.01. The van der Waals surface area contributed by atoms with Crippen LogP contribution in [0, 0.1) is 0 Å². The average molecular weight is 264 g/mol. The summed E-state index contributed by atoms with van der Waals surface area (Å²) in [6.07, 6.45) is 2.40.